The van der Waals surface area contributed by atoms with Gasteiger partial charge >= 0.3 is 0 Å². The maximum Gasteiger partial charge on any atom is 0.216 e. The van der Waals surface area contributed by atoms with Crippen molar-refractivity contribution < 1.29 is 4.79 Å². The van der Waals surface area contributed by atoms with Gasteiger partial charge in [-0.25, -0.2) is 0 Å². The van der Waals surface area contributed by atoms with Crippen LogP contribution in [0.1, 0.15) is 23.8 Å². The number of aryl methyl sites for hydroxylation is 1. The highest BCUT2D eigenvalue weighted by Crippen LogP contribution is 2.16. The smallest absolute Gasteiger partial charge is 0.216 e. The van der Waals surface area contributed by atoms with Gasteiger partial charge in [0, 0.05) is 18.3 Å². The molecule has 1 amide bonds. The van der Waals surface area contributed by atoms with Crippen LogP contribution in [0.5, 0.6) is 0 Å². The lowest BCUT2D eigenvalue weighted by molar-refractivity contribution is -0.118. The number of amides is 1. The van der Waals surface area contributed by atoms with Gasteiger partial charge < -0.3 is 5.32 Å². The van der Waals surface area contributed by atoms with Gasteiger partial charge in [0.05, 0.1) is 0 Å². The van der Waals surface area contributed by atoms with E-state index in [1.54, 1.807) is 11.3 Å². The van der Waals surface area contributed by atoms with Gasteiger partial charge in [-0.15, -0.1) is 11.3 Å². The fourth-order valence-corrected chi connectivity index (χ4v) is 1.92. The summed E-state index contributed by atoms with van der Waals surface area (Å²) in [4.78, 5) is 11.9. The van der Waals surface area contributed by atoms with Gasteiger partial charge in [-0.1, -0.05) is 6.08 Å². The van der Waals surface area contributed by atoms with E-state index >= 15 is 0 Å². The van der Waals surface area contributed by atoms with E-state index < -0.39 is 0 Å². The van der Waals surface area contributed by atoms with E-state index in [-0.39, 0.29) is 5.91 Å². The van der Waals surface area contributed by atoms with E-state index in [1.165, 1.54) is 17.4 Å². The van der Waals surface area contributed by atoms with Crippen molar-refractivity contribution in [2.75, 3.05) is 6.54 Å². The van der Waals surface area contributed by atoms with Gasteiger partial charge in [0.15, 0.2) is 0 Å². The van der Waals surface area contributed by atoms with Crippen LogP contribution in [-0.2, 0) is 4.79 Å². The summed E-state index contributed by atoms with van der Waals surface area (Å²) in [7, 11) is 0. The molecule has 1 aromatic heterocycles. The molecule has 0 atom stereocenters. The molecule has 0 aromatic carbocycles. The van der Waals surface area contributed by atoms with E-state index in [4.69, 9.17) is 0 Å². The average Bonchev–Trinajstić information content (AvgIpc) is 2.51. The van der Waals surface area contributed by atoms with E-state index in [2.05, 4.69) is 35.8 Å². The van der Waals surface area contributed by atoms with Crippen molar-refractivity contribution in [1.82, 2.24) is 5.32 Å². The molecule has 0 aliphatic rings. The molecule has 0 radical (unpaired) electrons. The first-order valence-electron chi connectivity index (χ1n) is 4.65. The first-order valence-corrected chi connectivity index (χ1v) is 5.53. The lowest BCUT2D eigenvalue weighted by atomic mass is 10.2. The summed E-state index contributed by atoms with van der Waals surface area (Å²) in [6.45, 7) is 4.35. The van der Waals surface area contributed by atoms with E-state index in [1.807, 2.05) is 0 Å². The van der Waals surface area contributed by atoms with Gasteiger partial charge in [-0.05, 0) is 36.4 Å². The summed E-state index contributed by atoms with van der Waals surface area (Å²) < 4.78 is 0. The van der Waals surface area contributed by atoms with Crippen molar-refractivity contribution in [1.29, 1.82) is 0 Å². The molecule has 0 unspecified atom stereocenters. The minimum Gasteiger partial charge on any atom is -0.356 e. The van der Waals surface area contributed by atoms with Gasteiger partial charge in [-0.3, -0.25) is 4.79 Å². The molecule has 0 saturated heterocycles. The fourth-order valence-electron chi connectivity index (χ4n) is 1.08. The lowest BCUT2D eigenvalue weighted by Gasteiger charge is -1.96. The summed E-state index contributed by atoms with van der Waals surface area (Å²) in [6, 6.07) is 2.11. The Morgan fingerprint density at radius 2 is 2.43 bits per heavy atom. The van der Waals surface area contributed by atoms with Crippen molar-refractivity contribution in [3.8, 4) is 0 Å². The molecular weight excluding hydrogens is 194 g/mol. The third-order valence-electron chi connectivity index (χ3n) is 1.86. The van der Waals surface area contributed by atoms with Crippen LogP contribution >= 0.6 is 11.3 Å². The van der Waals surface area contributed by atoms with Crippen LogP contribution in [0, 0.1) is 6.92 Å². The zero-order valence-corrected chi connectivity index (χ0v) is 9.36. The number of carbonyl (C=O) groups is 1. The minimum absolute atomic E-state index is 0.0331. The Bertz CT molecular complexity index is 328. The summed E-state index contributed by atoms with van der Waals surface area (Å²) >= 11 is 1.74. The normalized spacial score (nSPS) is 10.7. The average molecular weight is 209 g/mol. The largest absolute Gasteiger partial charge is 0.356 e. The molecule has 1 aromatic rings. The molecule has 14 heavy (non-hydrogen) atoms. The summed E-state index contributed by atoms with van der Waals surface area (Å²) in [5.74, 6) is 0.0331. The van der Waals surface area contributed by atoms with E-state index in [9.17, 15) is 4.79 Å². The zero-order chi connectivity index (χ0) is 10.4. The Kier molecular flexibility index (Phi) is 4.40. The number of rotatable bonds is 4. The molecule has 1 heterocycles. The van der Waals surface area contributed by atoms with Crippen molar-refractivity contribution >= 4 is 23.3 Å². The van der Waals surface area contributed by atoms with Gasteiger partial charge in [0.2, 0.25) is 5.91 Å². The van der Waals surface area contributed by atoms with Crippen LogP contribution in [-0.4, -0.2) is 12.5 Å². The standard InChI is InChI=1S/C11H15NOS/c1-9-6-8-14-11(9)5-3-4-7-12-10(2)13/h3,5-6,8H,4,7H2,1-2H3,(H,12,13). The highest BCUT2D eigenvalue weighted by molar-refractivity contribution is 7.11. The predicted molar refractivity (Wildman–Crippen MR) is 61.4 cm³/mol. The van der Waals surface area contributed by atoms with Gasteiger partial charge in [-0.2, -0.15) is 0 Å². The molecule has 0 bridgehead atoms. The summed E-state index contributed by atoms with van der Waals surface area (Å²) in [5, 5.41) is 4.84. The second kappa shape index (κ2) is 5.60. The maximum absolute atomic E-state index is 10.6. The third-order valence-corrected chi connectivity index (χ3v) is 2.84. The quantitative estimate of drug-likeness (QED) is 0.759. The van der Waals surface area contributed by atoms with Crippen LogP contribution in [0.2, 0.25) is 0 Å². The van der Waals surface area contributed by atoms with Gasteiger partial charge in [0.1, 0.15) is 0 Å². The van der Waals surface area contributed by atoms with Crippen molar-refractivity contribution in [3.63, 3.8) is 0 Å². The predicted octanol–water partition coefficient (Wildman–Crippen LogP) is 2.60. The molecule has 0 spiro atoms. The molecule has 1 rings (SSSR count). The number of nitrogens with one attached hydrogen (secondary N) is 1. The molecule has 0 aliphatic heterocycles. The molecule has 3 heteroatoms. The second-order valence-electron chi connectivity index (χ2n) is 3.14. The van der Waals surface area contributed by atoms with Crippen LogP contribution < -0.4 is 5.32 Å². The Morgan fingerprint density at radius 3 is 3.00 bits per heavy atom. The van der Waals surface area contributed by atoms with E-state index in [0.717, 1.165) is 13.0 Å². The topological polar surface area (TPSA) is 29.1 Å². The second-order valence-corrected chi connectivity index (χ2v) is 4.09. The van der Waals surface area contributed by atoms with Crippen molar-refractivity contribution in [2.24, 2.45) is 0 Å². The van der Waals surface area contributed by atoms with Crippen LogP contribution in [0.4, 0.5) is 0 Å². The Morgan fingerprint density at radius 1 is 1.64 bits per heavy atom. The summed E-state index contributed by atoms with van der Waals surface area (Å²) in [5.41, 5.74) is 1.31. The number of thiophene rings is 1. The molecule has 0 saturated carbocycles. The van der Waals surface area contributed by atoms with E-state index in [0.29, 0.717) is 0 Å². The molecular formula is C11H15NOS. The number of hydrogen-bond donors (Lipinski definition) is 1. The monoisotopic (exact) mass is 209 g/mol. The zero-order valence-electron chi connectivity index (χ0n) is 8.54. The molecule has 2 nitrogen and oxygen atoms in total. The summed E-state index contributed by atoms with van der Waals surface area (Å²) in [6.07, 6.45) is 5.09. The Hall–Kier alpha value is -1.09. The number of carbonyl (C=O) groups excluding carboxylic acids is 1. The third kappa shape index (κ3) is 3.75. The van der Waals surface area contributed by atoms with Gasteiger partial charge in [0.25, 0.3) is 0 Å². The Labute approximate surface area is 88.6 Å². The first-order chi connectivity index (χ1) is 6.70. The fraction of sp³-hybridized carbons (Fsp3) is 0.364. The van der Waals surface area contributed by atoms with Crippen molar-refractivity contribution in [2.45, 2.75) is 20.3 Å². The minimum atomic E-state index is 0.0331. The molecule has 0 fully saturated rings. The lowest BCUT2D eigenvalue weighted by Crippen LogP contribution is -2.20. The van der Waals surface area contributed by atoms with Crippen LogP contribution in [0.3, 0.4) is 0 Å². The first kappa shape index (κ1) is 11.0. The van der Waals surface area contributed by atoms with Crippen molar-refractivity contribution in [3.05, 3.63) is 28.0 Å². The number of hydrogen-bond acceptors (Lipinski definition) is 2. The Balaban J connectivity index is 2.28. The molecule has 0 aliphatic carbocycles. The molecule has 1 N–H and O–H groups in total. The SMILES string of the molecule is CC(=O)NCCC=Cc1sccc1C. The highest BCUT2D eigenvalue weighted by Gasteiger charge is 1.93. The highest BCUT2D eigenvalue weighted by atomic mass is 32.1. The maximum atomic E-state index is 10.6. The molecule has 76 valence electrons. The van der Waals surface area contributed by atoms with Crippen LogP contribution in [0.25, 0.3) is 6.08 Å². The van der Waals surface area contributed by atoms with Crippen LogP contribution in [0.15, 0.2) is 17.5 Å².